The molecule has 0 amide bonds. The lowest BCUT2D eigenvalue weighted by molar-refractivity contribution is 0.187. The van der Waals surface area contributed by atoms with Crippen LogP contribution in [0.4, 0.5) is 5.82 Å². The van der Waals surface area contributed by atoms with Gasteiger partial charge in [-0.25, -0.2) is 9.97 Å². The molecule has 0 fully saturated rings. The number of aliphatic hydroxyl groups is 1. The van der Waals surface area contributed by atoms with Crippen LogP contribution in [0.5, 0.6) is 0 Å². The third-order valence-electron chi connectivity index (χ3n) is 2.09. The summed E-state index contributed by atoms with van der Waals surface area (Å²) < 4.78 is 0. The predicted molar refractivity (Wildman–Crippen MR) is 61.3 cm³/mol. The maximum Gasteiger partial charge on any atom is 0.224 e. The molecule has 1 N–H and O–H groups in total. The van der Waals surface area contributed by atoms with E-state index < -0.39 is 0 Å². The molecule has 0 aliphatic carbocycles. The van der Waals surface area contributed by atoms with Crippen LogP contribution in [0.1, 0.15) is 19.0 Å². The van der Waals surface area contributed by atoms with Gasteiger partial charge in [0.1, 0.15) is 5.82 Å². The van der Waals surface area contributed by atoms with E-state index in [1.54, 1.807) is 6.92 Å². The molecule has 1 atom stereocenters. The highest BCUT2D eigenvalue weighted by Crippen LogP contribution is 2.13. The number of aryl methyl sites for hydroxylation is 1. The Morgan fingerprint density at radius 1 is 1.53 bits per heavy atom. The summed E-state index contributed by atoms with van der Waals surface area (Å²) in [6.07, 6.45) is 0.405. The fourth-order valence-electron chi connectivity index (χ4n) is 1.21. The van der Waals surface area contributed by atoms with E-state index >= 15 is 0 Å². The van der Waals surface area contributed by atoms with E-state index in [0.29, 0.717) is 6.42 Å². The second-order valence-corrected chi connectivity index (χ2v) is 4.03. The fraction of sp³-hybridized carbons (Fsp3) is 0.600. The summed E-state index contributed by atoms with van der Waals surface area (Å²) in [4.78, 5) is 10.1. The van der Waals surface area contributed by atoms with Gasteiger partial charge in [-0.2, -0.15) is 0 Å². The molecule has 4 nitrogen and oxygen atoms in total. The van der Waals surface area contributed by atoms with Crippen LogP contribution < -0.4 is 4.90 Å². The Hall–Kier alpha value is -0.870. The van der Waals surface area contributed by atoms with Crippen LogP contribution in [0.3, 0.4) is 0 Å². The van der Waals surface area contributed by atoms with E-state index in [-0.39, 0.29) is 11.4 Å². The third kappa shape index (κ3) is 4.01. The van der Waals surface area contributed by atoms with Gasteiger partial charge in [0.05, 0.1) is 6.10 Å². The zero-order valence-electron chi connectivity index (χ0n) is 9.24. The minimum absolute atomic E-state index is 0.258. The largest absolute Gasteiger partial charge is 0.393 e. The molecule has 0 saturated heterocycles. The lowest BCUT2D eigenvalue weighted by Crippen LogP contribution is -2.23. The fourth-order valence-corrected chi connectivity index (χ4v) is 1.43. The number of nitrogens with zero attached hydrogens (tertiary/aromatic N) is 3. The van der Waals surface area contributed by atoms with Gasteiger partial charge in [-0.05, 0) is 31.9 Å². The molecule has 1 rings (SSSR count). The van der Waals surface area contributed by atoms with E-state index in [4.69, 9.17) is 11.6 Å². The van der Waals surface area contributed by atoms with Gasteiger partial charge in [0.2, 0.25) is 5.28 Å². The maximum atomic E-state index is 9.17. The summed E-state index contributed by atoms with van der Waals surface area (Å²) in [5.41, 5.74) is 0.842. The molecule has 1 aromatic rings. The molecule has 0 aliphatic heterocycles. The minimum Gasteiger partial charge on any atom is -0.393 e. The molecule has 5 heteroatoms. The predicted octanol–water partition coefficient (Wildman–Crippen LogP) is 1.65. The molecule has 0 radical (unpaired) electrons. The third-order valence-corrected chi connectivity index (χ3v) is 2.26. The van der Waals surface area contributed by atoms with Crippen molar-refractivity contribution in [1.29, 1.82) is 0 Å². The summed E-state index contributed by atoms with van der Waals surface area (Å²) in [5, 5.41) is 9.43. The molecule has 15 heavy (non-hydrogen) atoms. The normalized spacial score (nSPS) is 12.6. The average Bonchev–Trinajstić information content (AvgIpc) is 2.12. The number of hydrogen-bond acceptors (Lipinski definition) is 4. The Labute approximate surface area is 94.9 Å². The zero-order chi connectivity index (χ0) is 11.4. The summed E-state index contributed by atoms with van der Waals surface area (Å²) in [7, 11) is 1.92. The van der Waals surface area contributed by atoms with Crippen LogP contribution in [0.25, 0.3) is 0 Å². The number of hydrogen-bond donors (Lipinski definition) is 1. The van der Waals surface area contributed by atoms with E-state index in [2.05, 4.69) is 9.97 Å². The Morgan fingerprint density at radius 3 is 2.73 bits per heavy atom. The van der Waals surface area contributed by atoms with Crippen molar-refractivity contribution in [3.63, 3.8) is 0 Å². The number of halogens is 1. The van der Waals surface area contributed by atoms with Gasteiger partial charge in [-0.3, -0.25) is 0 Å². The minimum atomic E-state index is -0.300. The lowest BCUT2D eigenvalue weighted by Gasteiger charge is -2.19. The van der Waals surface area contributed by atoms with Gasteiger partial charge >= 0.3 is 0 Å². The Morgan fingerprint density at radius 2 is 2.20 bits per heavy atom. The molecule has 84 valence electrons. The van der Waals surface area contributed by atoms with Crippen LogP contribution in [0.15, 0.2) is 6.07 Å². The number of aromatic nitrogens is 2. The van der Waals surface area contributed by atoms with Crippen molar-refractivity contribution in [2.45, 2.75) is 26.4 Å². The molecular weight excluding hydrogens is 214 g/mol. The van der Waals surface area contributed by atoms with Gasteiger partial charge < -0.3 is 10.0 Å². The molecule has 1 unspecified atom stereocenters. The van der Waals surface area contributed by atoms with Crippen LogP contribution >= 0.6 is 11.6 Å². The maximum absolute atomic E-state index is 9.17. The van der Waals surface area contributed by atoms with Crippen LogP contribution in [-0.4, -0.2) is 34.8 Å². The monoisotopic (exact) mass is 229 g/mol. The first-order chi connectivity index (χ1) is 6.99. The van der Waals surface area contributed by atoms with E-state index in [0.717, 1.165) is 18.1 Å². The number of rotatable bonds is 4. The van der Waals surface area contributed by atoms with E-state index in [1.807, 2.05) is 24.9 Å². The first-order valence-electron chi connectivity index (χ1n) is 4.89. The topological polar surface area (TPSA) is 49.2 Å². The number of anilines is 1. The van der Waals surface area contributed by atoms with Crippen molar-refractivity contribution < 1.29 is 5.11 Å². The summed E-state index contributed by atoms with van der Waals surface area (Å²) in [5.74, 6) is 0.785. The molecule has 1 aromatic heterocycles. The van der Waals surface area contributed by atoms with Gasteiger partial charge in [-0.15, -0.1) is 0 Å². The first kappa shape index (κ1) is 12.2. The summed E-state index contributed by atoms with van der Waals surface area (Å²) in [6.45, 7) is 4.38. The van der Waals surface area contributed by atoms with Crippen molar-refractivity contribution in [3.05, 3.63) is 17.0 Å². The molecular formula is C10H16ClN3O. The Balaban J connectivity index is 2.68. The average molecular weight is 230 g/mol. The molecule has 0 saturated carbocycles. The van der Waals surface area contributed by atoms with Crippen LogP contribution in [-0.2, 0) is 0 Å². The molecule has 0 aliphatic rings. The number of aliphatic hydroxyl groups excluding tert-OH is 1. The molecule has 1 heterocycles. The Bertz CT molecular complexity index is 310. The quantitative estimate of drug-likeness (QED) is 0.798. The highest BCUT2D eigenvalue weighted by molar-refractivity contribution is 6.28. The summed E-state index contributed by atoms with van der Waals surface area (Å²) in [6, 6.07) is 1.87. The van der Waals surface area contributed by atoms with Crippen molar-refractivity contribution >= 4 is 17.4 Å². The van der Waals surface area contributed by atoms with Gasteiger partial charge in [0, 0.05) is 25.4 Å². The lowest BCUT2D eigenvalue weighted by atomic mass is 10.3. The molecule has 0 aromatic carbocycles. The van der Waals surface area contributed by atoms with Crippen molar-refractivity contribution in [1.82, 2.24) is 9.97 Å². The van der Waals surface area contributed by atoms with Gasteiger partial charge in [0.15, 0.2) is 0 Å². The Kier molecular flexibility index (Phi) is 4.29. The van der Waals surface area contributed by atoms with Crippen LogP contribution in [0.2, 0.25) is 5.28 Å². The second-order valence-electron chi connectivity index (χ2n) is 3.70. The smallest absolute Gasteiger partial charge is 0.224 e. The zero-order valence-corrected chi connectivity index (χ0v) is 9.99. The van der Waals surface area contributed by atoms with Crippen molar-refractivity contribution in [2.75, 3.05) is 18.5 Å². The summed E-state index contributed by atoms with van der Waals surface area (Å²) >= 11 is 5.76. The molecule has 0 bridgehead atoms. The SMILES string of the molecule is Cc1cc(N(C)CCC(C)O)nc(Cl)n1. The highest BCUT2D eigenvalue weighted by Gasteiger charge is 2.06. The molecule has 0 spiro atoms. The first-order valence-corrected chi connectivity index (χ1v) is 5.27. The highest BCUT2D eigenvalue weighted by atomic mass is 35.5. The van der Waals surface area contributed by atoms with Crippen LogP contribution in [0, 0.1) is 6.92 Å². The second kappa shape index (κ2) is 5.28. The van der Waals surface area contributed by atoms with Gasteiger partial charge in [0.25, 0.3) is 0 Å². The van der Waals surface area contributed by atoms with Crippen molar-refractivity contribution in [3.8, 4) is 0 Å². The standard InChI is InChI=1S/C10H16ClN3O/c1-7-6-9(13-10(11)12-7)14(3)5-4-8(2)15/h6,8,15H,4-5H2,1-3H3. The van der Waals surface area contributed by atoms with Gasteiger partial charge in [-0.1, -0.05) is 0 Å². The van der Waals surface area contributed by atoms with E-state index in [1.165, 1.54) is 0 Å². The van der Waals surface area contributed by atoms with Crippen molar-refractivity contribution in [2.24, 2.45) is 0 Å². The van der Waals surface area contributed by atoms with E-state index in [9.17, 15) is 5.11 Å².